The summed E-state index contributed by atoms with van der Waals surface area (Å²) in [6.07, 6.45) is 0.190. The van der Waals surface area contributed by atoms with Crippen LogP contribution in [0.5, 0.6) is 5.75 Å². The van der Waals surface area contributed by atoms with Crippen molar-refractivity contribution in [3.05, 3.63) is 59.7 Å². The predicted molar refractivity (Wildman–Crippen MR) is 106 cm³/mol. The maximum absolute atomic E-state index is 12.3. The molecule has 0 aliphatic rings. The zero-order chi connectivity index (χ0) is 20.5. The van der Waals surface area contributed by atoms with Crippen LogP contribution in [0.25, 0.3) is 0 Å². The number of carboxylic acids is 1. The normalized spacial score (nSPS) is 11.4. The van der Waals surface area contributed by atoms with E-state index >= 15 is 0 Å². The summed E-state index contributed by atoms with van der Waals surface area (Å²) in [4.78, 5) is 34.6. The summed E-state index contributed by atoms with van der Waals surface area (Å²) >= 11 is 0. The van der Waals surface area contributed by atoms with Gasteiger partial charge in [0.15, 0.2) is 0 Å². The van der Waals surface area contributed by atoms with Crippen LogP contribution in [0.15, 0.2) is 48.5 Å². The minimum absolute atomic E-state index is 0.0465. The molecule has 0 aliphatic heterocycles. The van der Waals surface area contributed by atoms with E-state index in [-0.39, 0.29) is 30.7 Å². The zero-order valence-corrected chi connectivity index (χ0v) is 15.9. The summed E-state index contributed by atoms with van der Waals surface area (Å²) in [5.74, 6) is -0.630. The molecule has 2 aromatic carbocycles. The second kappa shape index (κ2) is 10.1. The average Bonchev–Trinajstić information content (AvgIpc) is 2.68. The lowest BCUT2D eigenvalue weighted by atomic mass is 9.97. The summed E-state index contributed by atoms with van der Waals surface area (Å²) in [6.45, 7) is 2.04. The quantitative estimate of drug-likeness (QED) is 0.616. The average molecular weight is 384 g/mol. The number of benzene rings is 2. The molecule has 0 saturated carbocycles. The van der Waals surface area contributed by atoms with Gasteiger partial charge in [0.2, 0.25) is 5.91 Å². The largest absolute Gasteiger partial charge is 0.497 e. The molecular weight excluding hydrogens is 360 g/mol. The Morgan fingerprint density at radius 2 is 1.68 bits per heavy atom. The Bertz CT molecular complexity index is 816. The summed E-state index contributed by atoms with van der Waals surface area (Å²) < 4.78 is 5.13. The first-order chi connectivity index (χ1) is 13.4. The number of hydrogen-bond acceptors (Lipinski definition) is 4. The van der Waals surface area contributed by atoms with Crippen molar-refractivity contribution in [1.29, 1.82) is 0 Å². The molecule has 0 fully saturated rings. The van der Waals surface area contributed by atoms with E-state index in [0.29, 0.717) is 17.7 Å². The Kier molecular flexibility index (Phi) is 7.56. The van der Waals surface area contributed by atoms with Gasteiger partial charge >= 0.3 is 5.97 Å². The van der Waals surface area contributed by atoms with Crippen molar-refractivity contribution in [3.63, 3.8) is 0 Å². The highest BCUT2D eigenvalue weighted by atomic mass is 16.5. The van der Waals surface area contributed by atoms with E-state index in [1.54, 1.807) is 31.4 Å². The van der Waals surface area contributed by atoms with Crippen LogP contribution in [0.2, 0.25) is 0 Å². The number of rotatable bonds is 9. The van der Waals surface area contributed by atoms with Gasteiger partial charge in [-0.3, -0.25) is 14.4 Å². The fourth-order valence-electron chi connectivity index (χ4n) is 2.63. The Morgan fingerprint density at radius 3 is 2.25 bits per heavy atom. The van der Waals surface area contributed by atoms with E-state index in [4.69, 9.17) is 9.84 Å². The van der Waals surface area contributed by atoms with Gasteiger partial charge in [0.1, 0.15) is 5.75 Å². The number of nitrogens with one attached hydrogen (secondary N) is 2. The molecule has 7 nitrogen and oxygen atoms in total. The lowest BCUT2D eigenvalue weighted by Crippen LogP contribution is -2.25. The third-order valence-electron chi connectivity index (χ3n) is 4.23. The van der Waals surface area contributed by atoms with Crippen LogP contribution in [0.3, 0.4) is 0 Å². The maximum atomic E-state index is 12.3. The fraction of sp³-hybridized carbons (Fsp3) is 0.286. The number of carbonyl (C=O) groups excluding carboxylic acids is 2. The number of anilines is 1. The lowest BCUT2D eigenvalue weighted by molar-refractivity contribution is -0.136. The van der Waals surface area contributed by atoms with E-state index in [2.05, 4.69) is 10.6 Å². The molecule has 7 heteroatoms. The van der Waals surface area contributed by atoms with Crippen LogP contribution < -0.4 is 15.4 Å². The topological polar surface area (TPSA) is 105 Å². The van der Waals surface area contributed by atoms with Crippen molar-refractivity contribution in [1.82, 2.24) is 5.32 Å². The highest BCUT2D eigenvalue weighted by Crippen LogP contribution is 2.22. The smallest absolute Gasteiger partial charge is 0.305 e. The van der Waals surface area contributed by atoms with E-state index in [9.17, 15) is 14.4 Å². The molecule has 1 unspecified atom stereocenters. The van der Waals surface area contributed by atoms with E-state index in [1.165, 1.54) is 0 Å². The molecule has 0 spiro atoms. The molecule has 2 aromatic rings. The molecule has 148 valence electrons. The number of carboxylic acid groups (broad SMARTS) is 1. The maximum Gasteiger partial charge on any atom is 0.305 e. The Labute approximate surface area is 163 Å². The molecule has 0 saturated heterocycles. The van der Waals surface area contributed by atoms with E-state index < -0.39 is 5.97 Å². The molecule has 0 aromatic heterocycles. The van der Waals surface area contributed by atoms with Crippen LogP contribution in [0, 0.1) is 0 Å². The summed E-state index contributed by atoms with van der Waals surface area (Å²) in [6, 6.07) is 14.1. The minimum atomic E-state index is -0.970. The Hall–Kier alpha value is -3.35. The van der Waals surface area contributed by atoms with Gasteiger partial charge in [0.25, 0.3) is 5.91 Å². The zero-order valence-electron chi connectivity index (χ0n) is 15.9. The number of ether oxygens (including phenoxy) is 1. The first kappa shape index (κ1) is 21.0. The van der Waals surface area contributed by atoms with Crippen molar-refractivity contribution in [2.75, 3.05) is 19.0 Å². The standard InChI is InChI=1S/C21H24N2O5/c1-14(15-5-9-18(28-2)10-6-15)13-19(24)23-17-7-3-16(4-8-17)21(27)22-12-11-20(25)26/h3-10,14H,11-13H2,1-2H3,(H,22,27)(H,23,24)(H,25,26). The fourth-order valence-corrected chi connectivity index (χ4v) is 2.63. The highest BCUT2D eigenvalue weighted by molar-refractivity contribution is 5.96. The lowest BCUT2D eigenvalue weighted by Gasteiger charge is -2.13. The summed E-state index contributed by atoms with van der Waals surface area (Å²) in [5.41, 5.74) is 2.04. The van der Waals surface area contributed by atoms with Gasteiger partial charge < -0.3 is 20.5 Å². The van der Waals surface area contributed by atoms with Crippen molar-refractivity contribution in [2.24, 2.45) is 0 Å². The first-order valence-corrected chi connectivity index (χ1v) is 8.93. The van der Waals surface area contributed by atoms with Gasteiger partial charge in [0.05, 0.1) is 13.5 Å². The number of aliphatic carboxylic acids is 1. The van der Waals surface area contributed by atoms with Crippen LogP contribution in [-0.2, 0) is 9.59 Å². The molecule has 1 atom stereocenters. The van der Waals surface area contributed by atoms with Crippen molar-refractivity contribution in [2.45, 2.75) is 25.7 Å². The van der Waals surface area contributed by atoms with Gasteiger partial charge in [-0.15, -0.1) is 0 Å². The Balaban J connectivity index is 1.86. The molecule has 0 radical (unpaired) electrons. The summed E-state index contributed by atoms with van der Waals surface area (Å²) in [7, 11) is 1.61. The molecule has 2 rings (SSSR count). The number of methoxy groups -OCH3 is 1. The summed E-state index contributed by atoms with van der Waals surface area (Å²) in [5, 5.41) is 13.9. The minimum Gasteiger partial charge on any atom is -0.497 e. The number of hydrogen-bond donors (Lipinski definition) is 3. The third kappa shape index (κ3) is 6.42. The monoisotopic (exact) mass is 384 g/mol. The molecule has 3 N–H and O–H groups in total. The first-order valence-electron chi connectivity index (χ1n) is 8.93. The molecule has 28 heavy (non-hydrogen) atoms. The molecule has 0 aliphatic carbocycles. The van der Waals surface area contributed by atoms with Crippen molar-refractivity contribution < 1.29 is 24.2 Å². The SMILES string of the molecule is COc1ccc(C(C)CC(=O)Nc2ccc(C(=O)NCCC(=O)O)cc2)cc1. The van der Waals surface area contributed by atoms with Gasteiger partial charge in [-0.25, -0.2) is 0 Å². The van der Waals surface area contributed by atoms with Gasteiger partial charge in [0, 0.05) is 24.2 Å². The molecule has 0 heterocycles. The predicted octanol–water partition coefficient (Wildman–Crippen LogP) is 3.03. The second-order valence-electron chi connectivity index (χ2n) is 6.40. The van der Waals surface area contributed by atoms with Gasteiger partial charge in [-0.2, -0.15) is 0 Å². The van der Waals surface area contributed by atoms with E-state index in [0.717, 1.165) is 11.3 Å². The highest BCUT2D eigenvalue weighted by Gasteiger charge is 2.12. The second-order valence-corrected chi connectivity index (χ2v) is 6.40. The number of carbonyl (C=O) groups is 3. The van der Waals surface area contributed by atoms with Crippen LogP contribution in [0.1, 0.15) is 41.6 Å². The van der Waals surface area contributed by atoms with Crippen LogP contribution >= 0.6 is 0 Å². The molecule has 2 amide bonds. The van der Waals surface area contributed by atoms with Gasteiger partial charge in [-0.05, 0) is 47.9 Å². The molecule has 0 bridgehead atoms. The van der Waals surface area contributed by atoms with Crippen LogP contribution in [0.4, 0.5) is 5.69 Å². The number of amides is 2. The van der Waals surface area contributed by atoms with Crippen molar-refractivity contribution >= 4 is 23.5 Å². The Morgan fingerprint density at radius 1 is 1.04 bits per heavy atom. The van der Waals surface area contributed by atoms with Crippen molar-refractivity contribution in [3.8, 4) is 5.75 Å². The van der Waals surface area contributed by atoms with E-state index in [1.807, 2.05) is 31.2 Å². The molecular formula is C21H24N2O5. The third-order valence-corrected chi connectivity index (χ3v) is 4.23. The van der Waals surface area contributed by atoms with Crippen LogP contribution in [-0.4, -0.2) is 36.5 Å². The van der Waals surface area contributed by atoms with Gasteiger partial charge in [-0.1, -0.05) is 19.1 Å².